The van der Waals surface area contributed by atoms with Gasteiger partial charge in [-0.15, -0.1) is 0 Å². The molecule has 3 nitrogen and oxygen atoms in total. The van der Waals surface area contributed by atoms with E-state index in [2.05, 4.69) is 19.2 Å². The fourth-order valence-electron chi connectivity index (χ4n) is 1.40. The van der Waals surface area contributed by atoms with Crippen molar-refractivity contribution < 1.29 is 9.47 Å². The van der Waals surface area contributed by atoms with Crippen LogP contribution in [0.15, 0.2) is 18.2 Å². The van der Waals surface area contributed by atoms with Crippen LogP contribution in [0.25, 0.3) is 0 Å². The van der Waals surface area contributed by atoms with Gasteiger partial charge in [-0.3, -0.25) is 0 Å². The molecule has 1 aromatic rings. The normalized spacial score (nSPS) is 12.0. The van der Waals surface area contributed by atoms with E-state index in [1.165, 1.54) is 0 Å². The zero-order chi connectivity index (χ0) is 12.0. The smallest absolute Gasteiger partial charge is 0.142 e. The Morgan fingerprint density at radius 2 is 2.06 bits per heavy atom. The molecule has 0 aliphatic carbocycles. The van der Waals surface area contributed by atoms with Gasteiger partial charge in [-0.25, -0.2) is 0 Å². The molecule has 1 atom stereocenters. The number of ether oxygens (including phenoxy) is 2. The van der Waals surface area contributed by atoms with Gasteiger partial charge in [0.1, 0.15) is 11.5 Å². The molecule has 0 saturated carbocycles. The van der Waals surface area contributed by atoms with Crippen molar-refractivity contribution in [2.75, 3.05) is 19.0 Å². The van der Waals surface area contributed by atoms with E-state index in [1.54, 1.807) is 7.11 Å². The van der Waals surface area contributed by atoms with Gasteiger partial charge in [0.15, 0.2) is 0 Å². The maximum Gasteiger partial charge on any atom is 0.142 e. The van der Waals surface area contributed by atoms with Crippen molar-refractivity contribution in [2.45, 2.75) is 33.2 Å². The molecule has 1 rings (SSSR count). The van der Waals surface area contributed by atoms with E-state index in [1.807, 2.05) is 25.1 Å². The molecule has 0 aliphatic heterocycles. The van der Waals surface area contributed by atoms with Gasteiger partial charge in [0.05, 0.1) is 19.4 Å². The third kappa shape index (κ3) is 3.33. The summed E-state index contributed by atoms with van der Waals surface area (Å²) in [6, 6.07) is 6.24. The van der Waals surface area contributed by atoms with Gasteiger partial charge in [-0.2, -0.15) is 0 Å². The van der Waals surface area contributed by atoms with Crippen molar-refractivity contribution in [1.29, 1.82) is 0 Å². The molecule has 0 heterocycles. The molecule has 3 heteroatoms. The Morgan fingerprint density at radius 3 is 2.62 bits per heavy atom. The Labute approximate surface area is 97.8 Å². The van der Waals surface area contributed by atoms with Crippen molar-refractivity contribution in [1.82, 2.24) is 0 Å². The van der Waals surface area contributed by atoms with E-state index in [4.69, 9.17) is 9.47 Å². The molecule has 0 aliphatic rings. The summed E-state index contributed by atoms with van der Waals surface area (Å²) in [5, 5.41) is 3.41. The highest BCUT2D eigenvalue weighted by molar-refractivity contribution is 5.60. The summed E-state index contributed by atoms with van der Waals surface area (Å²) in [7, 11) is 1.67. The van der Waals surface area contributed by atoms with E-state index in [-0.39, 0.29) is 0 Å². The Balaban J connectivity index is 2.90. The lowest BCUT2D eigenvalue weighted by Crippen LogP contribution is -2.14. The summed E-state index contributed by atoms with van der Waals surface area (Å²) in [5.74, 6) is 1.72. The van der Waals surface area contributed by atoms with E-state index >= 15 is 0 Å². The number of hydrogen-bond acceptors (Lipinski definition) is 3. The van der Waals surface area contributed by atoms with E-state index < -0.39 is 0 Å². The molecule has 1 N–H and O–H groups in total. The van der Waals surface area contributed by atoms with Crippen LogP contribution in [0.3, 0.4) is 0 Å². The van der Waals surface area contributed by atoms with E-state index in [0.29, 0.717) is 12.6 Å². The highest BCUT2D eigenvalue weighted by Crippen LogP contribution is 2.29. The second-order valence-corrected chi connectivity index (χ2v) is 3.75. The first-order chi connectivity index (χ1) is 7.71. The van der Waals surface area contributed by atoms with Gasteiger partial charge in [0.25, 0.3) is 0 Å². The lowest BCUT2D eigenvalue weighted by molar-refractivity contribution is 0.340. The molecule has 0 saturated heterocycles. The van der Waals surface area contributed by atoms with Crippen LogP contribution in [0.2, 0.25) is 0 Å². The first kappa shape index (κ1) is 12.7. The van der Waals surface area contributed by atoms with Crippen LogP contribution in [0.5, 0.6) is 11.5 Å². The predicted molar refractivity (Wildman–Crippen MR) is 67.5 cm³/mol. The third-order valence-electron chi connectivity index (χ3n) is 2.50. The van der Waals surface area contributed by atoms with Crippen molar-refractivity contribution in [3.8, 4) is 11.5 Å². The molecular formula is C13H21NO2. The fraction of sp³-hybridized carbons (Fsp3) is 0.538. The molecule has 16 heavy (non-hydrogen) atoms. The maximum absolute atomic E-state index is 5.56. The Morgan fingerprint density at radius 1 is 1.31 bits per heavy atom. The second-order valence-electron chi connectivity index (χ2n) is 3.75. The highest BCUT2D eigenvalue weighted by Gasteiger charge is 2.07. The average Bonchev–Trinajstić information content (AvgIpc) is 2.31. The molecule has 0 bridgehead atoms. The van der Waals surface area contributed by atoms with Crippen LogP contribution in [0.1, 0.15) is 27.2 Å². The maximum atomic E-state index is 5.56. The predicted octanol–water partition coefficient (Wildman–Crippen LogP) is 3.30. The molecule has 1 aromatic carbocycles. The molecule has 0 radical (unpaired) electrons. The fourth-order valence-corrected chi connectivity index (χ4v) is 1.40. The first-order valence-corrected chi connectivity index (χ1v) is 5.78. The highest BCUT2D eigenvalue weighted by atomic mass is 16.5. The molecule has 1 unspecified atom stereocenters. The van der Waals surface area contributed by atoms with Gasteiger partial charge in [-0.1, -0.05) is 6.92 Å². The van der Waals surface area contributed by atoms with Crippen LogP contribution in [-0.4, -0.2) is 19.8 Å². The summed E-state index contributed by atoms with van der Waals surface area (Å²) >= 11 is 0. The van der Waals surface area contributed by atoms with Crippen LogP contribution in [-0.2, 0) is 0 Å². The zero-order valence-electron chi connectivity index (χ0n) is 10.5. The van der Waals surface area contributed by atoms with Gasteiger partial charge in [0, 0.05) is 12.1 Å². The number of rotatable bonds is 6. The Kier molecular flexibility index (Phi) is 4.96. The molecular weight excluding hydrogens is 202 g/mol. The number of hydrogen-bond donors (Lipinski definition) is 1. The minimum atomic E-state index is 0.423. The third-order valence-corrected chi connectivity index (χ3v) is 2.50. The SMILES string of the molecule is CCOc1ccc(OC)cc1NC(C)CC. The summed E-state index contributed by atoms with van der Waals surface area (Å²) < 4.78 is 10.8. The standard InChI is InChI=1S/C13H21NO2/c1-5-10(3)14-12-9-11(15-4)7-8-13(12)16-6-2/h7-10,14H,5-6H2,1-4H3. The number of anilines is 1. The summed E-state index contributed by atoms with van der Waals surface area (Å²) in [6.45, 7) is 6.95. The lowest BCUT2D eigenvalue weighted by atomic mass is 10.2. The van der Waals surface area contributed by atoms with Gasteiger partial charge < -0.3 is 14.8 Å². The number of methoxy groups -OCH3 is 1. The minimum absolute atomic E-state index is 0.423. The summed E-state index contributed by atoms with van der Waals surface area (Å²) in [6.07, 6.45) is 1.07. The zero-order valence-corrected chi connectivity index (χ0v) is 10.5. The minimum Gasteiger partial charge on any atom is -0.497 e. The monoisotopic (exact) mass is 223 g/mol. The topological polar surface area (TPSA) is 30.5 Å². The van der Waals surface area contributed by atoms with Crippen molar-refractivity contribution >= 4 is 5.69 Å². The molecule has 0 amide bonds. The van der Waals surface area contributed by atoms with Crippen LogP contribution in [0, 0.1) is 0 Å². The molecule has 0 fully saturated rings. The van der Waals surface area contributed by atoms with Crippen molar-refractivity contribution in [3.63, 3.8) is 0 Å². The average molecular weight is 223 g/mol. The molecule has 90 valence electrons. The second kappa shape index (κ2) is 6.26. The molecule has 0 spiro atoms. The van der Waals surface area contributed by atoms with Gasteiger partial charge >= 0.3 is 0 Å². The summed E-state index contributed by atoms with van der Waals surface area (Å²) in [4.78, 5) is 0. The van der Waals surface area contributed by atoms with Gasteiger partial charge in [0.2, 0.25) is 0 Å². The molecule has 0 aromatic heterocycles. The van der Waals surface area contributed by atoms with Crippen LogP contribution in [0.4, 0.5) is 5.69 Å². The number of nitrogens with one attached hydrogen (secondary N) is 1. The van der Waals surface area contributed by atoms with Crippen molar-refractivity contribution in [2.24, 2.45) is 0 Å². The van der Waals surface area contributed by atoms with Crippen LogP contribution >= 0.6 is 0 Å². The van der Waals surface area contributed by atoms with E-state index in [0.717, 1.165) is 23.6 Å². The quantitative estimate of drug-likeness (QED) is 0.802. The van der Waals surface area contributed by atoms with Crippen molar-refractivity contribution in [3.05, 3.63) is 18.2 Å². The Bertz CT molecular complexity index is 326. The Hall–Kier alpha value is -1.38. The lowest BCUT2D eigenvalue weighted by Gasteiger charge is -2.17. The number of benzene rings is 1. The van der Waals surface area contributed by atoms with Gasteiger partial charge in [-0.05, 0) is 32.4 Å². The van der Waals surface area contributed by atoms with Crippen LogP contribution < -0.4 is 14.8 Å². The first-order valence-electron chi connectivity index (χ1n) is 5.78. The summed E-state index contributed by atoms with van der Waals surface area (Å²) in [5.41, 5.74) is 0.996. The van der Waals surface area contributed by atoms with E-state index in [9.17, 15) is 0 Å². The largest absolute Gasteiger partial charge is 0.497 e.